The van der Waals surface area contributed by atoms with Gasteiger partial charge in [0.1, 0.15) is 105 Å². The van der Waals surface area contributed by atoms with E-state index in [1.807, 2.05) is 72.0 Å². The lowest BCUT2D eigenvalue weighted by Crippen LogP contribution is -2.49. The normalized spacial score (nSPS) is 25.3. The Hall–Kier alpha value is -5.02. The first-order valence-corrected chi connectivity index (χ1v) is 56.4. The number of aliphatic hydroxyl groups is 3. The molecule has 0 saturated carbocycles. The molecule has 5 aliphatic rings. The largest absolute Gasteiger partial charge is 0.411 e. The Morgan fingerprint density at radius 3 is 0.932 bits per heavy atom. The molecule has 662 valence electrons. The van der Waals surface area contributed by atoms with E-state index < -0.39 is 101 Å². The highest BCUT2D eigenvalue weighted by Gasteiger charge is 2.56. The van der Waals surface area contributed by atoms with Crippen LogP contribution in [0.15, 0.2) is 45.4 Å². The van der Waals surface area contributed by atoms with Crippen molar-refractivity contribution in [3.8, 4) is 0 Å². The molecule has 118 heavy (non-hydrogen) atoms. The topological polar surface area (TPSA) is 422 Å². The smallest absolute Gasteiger partial charge is 0.192 e. The van der Waals surface area contributed by atoms with Crippen molar-refractivity contribution >= 4 is 148 Å². The summed E-state index contributed by atoms with van der Waals surface area (Å²) in [6, 6.07) is 0. The van der Waals surface area contributed by atoms with Gasteiger partial charge in [-0.25, -0.2) is 71.8 Å². The van der Waals surface area contributed by atoms with E-state index in [1.54, 1.807) is 4.68 Å². The maximum Gasteiger partial charge on any atom is 0.192 e. The average molecular weight is 1800 g/mol. The van der Waals surface area contributed by atoms with E-state index in [2.05, 4.69) is 170 Å². The summed E-state index contributed by atoms with van der Waals surface area (Å²) in [5.41, 5.74) is 25.9. The highest BCUT2D eigenvalue weighted by Crippen LogP contribution is 2.49. The molecule has 0 radical (unpaired) electrons. The molecule has 5 saturated heterocycles. The number of hydrogen-bond acceptors (Lipinski definition) is 32. The van der Waals surface area contributed by atoms with Gasteiger partial charge < -0.3 is 79.6 Å². The first-order valence-electron chi connectivity index (χ1n) is 39.9. The highest BCUT2D eigenvalue weighted by molar-refractivity contribution is 7.99. The van der Waals surface area contributed by atoms with E-state index in [9.17, 15) is 15.3 Å². The SMILES string of the molecule is C1CCOC1.CC.CC[C@@H]1O[C@H](n2nc(SC)c3c(N)ncnc32)[C@@H](F)[C@@H]1O[Si](C)(C)C(C)(C)C.CSc1nn([C@@H]2O[C@@H](CO)[C@@H](O[Si](C)(C)C(C)(C)C)[C@@H]2F)c2ncnc(N)c12.CSc1nn([C@H]2C[C@H](O[Si](C)(C)C(C)(C)C)[C@H](CO)O2)c2ncnc(N)c12.CSc1nn([C@H]2O[C@@H](CO)[C@@H](O[Si](C)(C)C(C)(C)C)[C@@H]2F)c2ncnc(N)c12. The number of nitrogens with zero attached hydrogens (tertiary/aromatic N) is 16. The van der Waals surface area contributed by atoms with Crippen LogP contribution in [0.5, 0.6) is 0 Å². The molecule has 32 nitrogen and oxygen atoms in total. The first-order chi connectivity index (χ1) is 55.1. The predicted octanol–water partition coefficient (Wildman–Crippen LogP) is 14.3. The molecule has 43 heteroatoms. The van der Waals surface area contributed by atoms with Crippen LogP contribution in [0.1, 0.15) is 154 Å². The van der Waals surface area contributed by atoms with Gasteiger partial charge in [0, 0.05) is 19.6 Å². The van der Waals surface area contributed by atoms with Gasteiger partial charge in [-0.1, -0.05) is 104 Å². The van der Waals surface area contributed by atoms with Crippen molar-refractivity contribution in [3.63, 3.8) is 0 Å². The zero-order chi connectivity index (χ0) is 88.1. The van der Waals surface area contributed by atoms with Gasteiger partial charge in [-0.05, 0) is 117 Å². The number of hydrogen-bond donors (Lipinski definition) is 7. The third-order valence-electron chi connectivity index (χ3n) is 23.4. The van der Waals surface area contributed by atoms with Crippen LogP contribution in [0.2, 0.25) is 72.5 Å². The van der Waals surface area contributed by atoms with Gasteiger partial charge in [0.15, 0.2) is 99.3 Å². The van der Waals surface area contributed by atoms with Crippen LogP contribution in [-0.2, 0) is 41.4 Å². The van der Waals surface area contributed by atoms with Crippen LogP contribution in [-0.4, -0.2) is 253 Å². The number of rotatable bonds is 20. The molecule has 5 aliphatic heterocycles. The van der Waals surface area contributed by atoms with Crippen molar-refractivity contribution < 1.29 is 69.9 Å². The number of ether oxygens (including phenoxy) is 5. The fourth-order valence-electron chi connectivity index (χ4n) is 12.6. The van der Waals surface area contributed by atoms with Gasteiger partial charge in [-0.15, -0.1) is 47.0 Å². The van der Waals surface area contributed by atoms with Gasteiger partial charge in [0.25, 0.3) is 0 Å². The molecule has 0 amide bonds. The van der Waals surface area contributed by atoms with Crippen molar-refractivity contribution in [2.75, 3.05) is 81.0 Å². The molecular weight excluding hydrogens is 1670 g/mol. The van der Waals surface area contributed by atoms with Crippen LogP contribution >= 0.6 is 47.0 Å². The number of aliphatic hydroxyl groups excluding tert-OH is 3. The van der Waals surface area contributed by atoms with Gasteiger partial charge in [0.05, 0.1) is 53.6 Å². The van der Waals surface area contributed by atoms with E-state index in [1.165, 1.54) is 99.2 Å². The summed E-state index contributed by atoms with van der Waals surface area (Å²) in [6.45, 7) is 49.6. The minimum Gasteiger partial charge on any atom is -0.411 e. The van der Waals surface area contributed by atoms with Gasteiger partial charge in [-0.3, -0.25) is 0 Å². The number of halogens is 3. The summed E-state index contributed by atoms with van der Waals surface area (Å²) in [5, 5.41) is 52.5. The third kappa shape index (κ3) is 21.1. The van der Waals surface area contributed by atoms with Crippen molar-refractivity contribution in [2.24, 2.45) is 0 Å². The second-order valence-electron chi connectivity index (χ2n) is 35.3. The van der Waals surface area contributed by atoms with E-state index in [0.717, 1.165) is 23.6 Å². The number of aromatic nitrogens is 16. The minimum atomic E-state index is -2.28. The molecule has 5 fully saturated rings. The van der Waals surface area contributed by atoms with Gasteiger partial charge in [-0.2, -0.15) is 20.4 Å². The van der Waals surface area contributed by atoms with Crippen LogP contribution in [0.4, 0.5) is 36.4 Å². The molecule has 11 N–H and O–H groups in total. The summed E-state index contributed by atoms with van der Waals surface area (Å²) in [7, 11) is -8.71. The van der Waals surface area contributed by atoms with Crippen LogP contribution in [0, 0.1) is 0 Å². The van der Waals surface area contributed by atoms with E-state index in [-0.39, 0.29) is 76.1 Å². The van der Waals surface area contributed by atoms with Crippen molar-refractivity contribution in [2.45, 2.75) is 314 Å². The summed E-state index contributed by atoms with van der Waals surface area (Å²) < 4.78 is 107. The second kappa shape index (κ2) is 39.9. The fraction of sp³-hybridized carbons (Fsp3) is 0.733. The lowest BCUT2D eigenvalue weighted by Gasteiger charge is -2.39. The molecule has 0 bridgehead atoms. The van der Waals surface area contributed by atoms with Crippen LogP contribution < -0.4 is 22.9 Å². The maximum atomic E-state index is 15.7. The Kier molecular flexibility index (Phi) is 33.3. The molecule has 13 heterocycles. The maximum absolute atomic E-state index is 15.7. The lowest BCUT2D eigenvalue weighted by molar-refractivity contribution is -0.0497. The number of nitrogen functional groups attached to an aromatic ring is 4. The summed E-state index contributed by atoms with van der Waals surface area (Å²) in [6.07, 6.45) is 4.10. The van der Waals surface area contributed by atoms with Crippen LogP contribution in [0.25, 0.3) is 44.1 Å². The van der Waals surface area contributed by atoms with E-state index >= 15 is 13.2 Å². The molecular formula is C75H129F3N20O12S4Si4. The monoisotopic (exact) mass is 1800 g/mol. The zero-order valence-corrected chi connectivity index (χ0v) is 80.8. The Morgan fingerprint density at radius 1 is 0.415 bits per heavy atom. The van der Waals surface area contributed by atoms with E-state index in [0.29, 0.717) is 78.3 Å². The number of alkyl halides is 3. The van der Waals surface area contributed by atoms with Crippen molar-refractivity contribution in [1.29, 1.82) is 0 Å². The lowest BCUT2D eigenvalue weighted by atomic mass is 10.1. The number of thioether (sulfide) groups is 4. The van der Waals surface area contributed by atoms with Gasteiger partial charge in [0.2, 0.25) is 0 Å². The Labute approximate surface area is 712 Å². The molecule has 0 spiro atoms. The fourth-order valence-corrected chi connectivity index (χ4v) is 20.2. The number of fused-ring (bicyclic) bond motifs is 4. The molecule has 13 rings (SSSR count). The molecule has 0 aliphatic carbocycles. The second-order valence-corrected chi connectivity index (χ2v) is 57.5. The van der Waals surface area contributed by atoms with Gasteiger partial charge >= 0.3 is 0 Å². The highest BCUT2D eigenvalue weighted by atomic mass is 32.2. The average Bonchev–Trinajstić information content (AvgIpc) is 1.62. The molecule has 0 aromatic carbocycles. The van der Waals surface area contributed by atoms with Crippen molar-refractivity contribution in [1.82, 2.24) is 79.0 Å². The standard InChI is InChI=1S/C18H30FN5O2SSi.2C17H28FN5O3SSi.C17H29N5O3SSi.C4H8O.C2H6/c1-8-10-13(26-28(6,7)18(2,3)4)12(19)17(25-10)24-15-11(16(23-24)27-5)14(20)21-9-22-15;2*1-17(2,3)28(5,6)26-12-9(7-24)25-16(11(12)18)23-14-10(15(22-23)27-4)13(19)20-8-21-14;1-17(2,3)27(5,6)25-10-7-12(24-11(10)8-23)22-15-13(16(21-22)26-4)14(18)19-9-20-15;1-2-4-5-3-1;1-2/h9-10,12-13,17H,8H2,1-7H3,(H2,20,21,22);2*8-9,11-12,16,24H,7H2,1-6H3,(H2,19,20,21);9-12,23H,7-8H2,1-6H3,(H2,18,19,20);1-4H2;1-2H3/t10-,12-,13+,17-;9-,11-,12+,16+;9-,11-,12+,16-;10-,11-,12+;;/m0000../s1. The zero-order valence-electron chi connectivity index (χ0n) is 73.6. The Morgan fingerprint density at radius 2 is 0.678 bits per heavy atom. The minimum absolute atomic E-state index is 0.0187. The van der Waals surface area contributed by atoms with Crippen molar-refractivity contribution in [3.05, 3.63) is 25.3 Å². The van der Waals surface area contributed by atoms with Crippen LogP contribution in [0.3, 0.4) is 0 Å². The third-order valence-corrected chi connectivity index (χ3v) is 44.0. The number of anilines is 4. The molecule has 8 aromatic heterocycles. The van der Waals surface area contributed by atoms with E-state index in [4.69, 9.17) is 64.3 Å². The summed E-state index contributed by atoms with van der Waals surface area (Å²) in [4.78, 5) is 33.3. The molecule has 8 aromatic rings. The number of nitrogens with two attached hydrogens (primary N) is 4. The Bertz CT molecular complexity index is 4270. The molecule has 0 unspecified atom stereocenters. The quantitative estimate of drug-likeness (QED) is 0.0275. The summed E-state index contributed by atoms with van der Waals surface area (Å²) >= 11 is 5.65. The summed E-state index contributed by atoms with van der Waals surface area (Å²) in [5.74, 6) is 1.29. The first kappa shape index (κ1) is 98.4. The molecule has 15 atom stereocenters. The predicted molar refractivity (Wildman–Crippen MR) is 472 cm³/mol. The Balaban J connectivity index is 0.000000190.